The van der Waals surface area contributed by atoms with E-state index >= 15 is 0 Å². The van der Waals surface area contributed by atoms with Gasteiger partial charge in [0.15, 0.2) is 0 Å². The maximum absolute atomic E-state index is 6.07. The number of nitrogen functional groups attached to an aromatic ring is 1. The van der Waals surface area contributed by atoms with Crippen LogP contribution < -0.4 is 10.6 Å². The van der Waals surface area contributed by atoms with Gasteiger partial charge in [-0.15, -0.1) is 0 Å². The lowest BCUT2D eigenvalue weighted by molar-refractivity contribution is 0.726. The maximum atomic E-state index is 6.07. The Morgan fingerprint density at radius 1 is 1.47 bits per heavy atom. The average Bonchev–Trinajstić information content (AvgIpc) is 2.86. The van der Waals surface area contributed by atoms with E-state index in [4.69, 9.17) is 5.73 Å². The number of rotatable bonds is 3. The molecule has 0 saturated heterocycles. The molecule has 0 amide bonds. The summed E-state index contributed by atoms with van der Waals surface area (Å²) in [5.74, 6) is 1.77. The molecule has 0 aromatic heterocycles. The summed E-state index contributed by atoms with van der Waals surface area (Å²) < 4.78 is 0. The van der Waals surface area contributed by atoms with Gasteiger partial charge in [0.25, 0.3) is 0 Å². The van der Waals surface area contributed by atoms with Gasteiger partial charge in [-0.25, -0.2) is 0 Å². The van der Waals surface area contributed by atoms with Crippen LogP contribution in [-0.4, -0.2) is 13.6 Å². The lowest BCUT2D eigenvalue weighted by atomic mass is 10.1. The molecule has 1 aromatic carbocycles. The SMILES string of the molecule is Cc1cccc(N(C)CC2CC2C)c1N. The molecule has 2 N–H and O–H groups in total. The lowest BCUT2D eigenvalue weighted by Gasteiger charge is -2.22. The summed E-state index contributed by atoms with van der Waals surface area (Å²) in [4.78, 5) is 2.29. The number of aryl methyl sites for hydroxylation is 1. The van der Waals surface area contributed by atoms with Gasteiger partial charge in [-0.2, -0.15) is 0 Å². The summed E-state index contributed by atoms with van der Waals surface area (Å²) in [6, 6.07) is 6.25. The molecule has 1 aliphatic carbocycles. The fraction of sp³-hybridized carbons (Fsp3) is 0.538. The van der Waals surface area contributed by atoms with Crippen LogP contribution in [0.4, 0.5) is 11.4 Å². The molecule has 2 nitrogen and oxygen atoms in total. The second-order valence-corrected chi connectivity index (χ2v) is 4.86. The monoisotopic (exact) mass is 204 g/mol. The number of nitrogens with zero attached hydrogens (tertiary/aromatic N) is 1. The van der Waals surface area contributed by atoms with Gasteiger partial charge in [0, 0.05) is 13.6 Å². The van der Waals surface area contributed by atoms with Crippen LogP contribution >= 0.6 is 0 Å². The zero-order chi connectivity index (χ0) is 11.0. The van der Waals surface area contributed by atoms with Crippen molar-refractivity contribution in [3.8, 4) is 0 Å². The zero-order valence-electron chi connectivity index (χ0n) is 9.83. The highest BCUT2D eigenvalue weighted by atomic mass is 15.1. The highest BCUT2D eigenvalue weighted by Crippen LogP contribution is 2.39. The molecule has 0 radical (unpaired) electrons. The van der Waals surface area contributed by atoms with Gasteiger partial charge < -0.3 is 10.6 Å². The lowest BCUT2D eigenvalue weighted by Crippen LogP contribution is -2.21. The van der Waals surface area contributed by atoms with E-state index in [2.05, 4.69) is 44.0 Å². The predicted molar refractivity (Wildman–Crippen MR) is 66.1 cm³/mol. The van der Waals surface area contributed by atoms with Gasteiger partial charge in [-0.1, -0.05) is 19.1 Å². The molecular weight excluding hydrogens is 184 g/mol. The predicted octanol–water partition coefficient (Wildman–Crippen LogP) is 2.67. The van der Waals surface area contributed by atoms with Crippen molar-refractivity contribution in [1.29, 1.82) is 0 Å². The van der Waals surface area contributed by atoms with Crippen molar-refractivity contribution in [2.75, 3.05) is 24.2 Å². The van der Waals surface area contributed by atoms with Crippen LogP contribution in [0.15, 0.2) is 18.2 Å². The van der Waals surface area contributed by atoms with Crippen molar-refractivity contribution < 1.29 is 0 Å². The molecule has 2 heteroatoms. The van der Waals surface area contributed by atoms with Crippen molar-refractivity contribution in [2.45, 2.75) is 20.3 Å². The van der Waals surface area contributed by atoms with Gasteiger partial charge in [0.2, 0.25) is 0 Å². The van der Waals surface area contributed by atoms with Crippen molar-refractivity contribution in [1.82, 2.24) is 0 Å². The second kappa shape index (κ2) is 3.76. The van der Waals surface area contributed by atoms with Gasteiger partial charge in [0.1, 0.15) is 0 Å². The van der Waals surface area contributed by atoms with E-state index in [0.29, 0.717) is 0 Å². The summed E-state index contributed by atoms with van der Waals surface area (Å²) in [5, 5.41) is 0. The van der Waals surface area contributed by atoms with E-state index in [1.54, 1.807) is 0 Å². The molecule has 0 spiro atoms. The second-order valence-electron chi connectivity index (χ2n) is 4.86. The van der Waals surface area contributed by atoms with Crippen LogP contribution in [0.2, 0.25) is 0 Å². The summed E-state index contributed by atoms with van der Waals surface area (Å²) in [5.41, 5.74) is 9.34. The Kier molecular flexibility index (Phi) is 2.59. The molecule has 0 heterocycles. The molecule has 2 unspecified atom stereocenters. The molecule has 0 aliphatic heterocycles. The first-order chi connectivity index (χ1) is 7.09. The summed E-state index contributed by atoms with van der Waals surface area (Å²) in [7, 11) is 2.14. The van der Waals surface area contributed by atoms with Crippen LogP contribution in [0, 0.1) is 18.8 Å². The minimum Gasteiger partial charge on any atom is -0.397 e. The minimum absolute atomic E-state index is 0.870. The van der Waals surface area contributed by atoms with Gasteiger partial charge in [-0.3, -0.25) is 0 Å². The zero-order valence-corrected chi connectivity index (χ0v) is 9.83. The van der Waals surface area contributed by atoms with Crippen LogP contribution in [0.25, 0.3) is 0 Å². The molecule has 2 rings (SSSR count). The number of hydrogen-bond acceptors (Lipinski definition) is 2. The Bertz CT molecular complexity index is 360. The quantitative estimate of drug-likeness (QED) is 0.767. The van der Waals surface area contributed by atoms with E-state index in [0.717, 1.165) is 24.1 Å². The smallest absolute Gasteiger partial charge is 0.0600 e. The van der Waals surface area contributed by atoms with Crippen LogP contribution in [-0.2, 0) is 0 Å². The number of benzene rings is 1. The number of hydrogen-bond donors (Lipinski definition) is 1. The first kappa shape index (κ1) is 10.3. The molecular formula is C13H20N2. The molecule has 1 saturated carbocycles. The molecule has 2 atom stereocenters. The topological polar surface area (TPSA) is 29.3 Å². The van der Waals surface area contributed by atoms with Gasteiger partial charge in [0.05, 0.1) is 11.4 Å². The fourth-order valence-electron chi connectivity index (χ4n) is 2.10. The van der Waals surface area contributed by atoms with E-state index in [-0.39, 0.29) is 0 Å². The van der Waals surface area contributed by atoms with Gasteiger partial charge >= 0.3 is 0 Å². The van der Waals surface area contributed by atoms with E-state index in [1.165, 1.54) is 17.7 Å². The van der Waals surface area contributed by atoms with Crippen molar-refractivity contribution in [2.24, 2.45) is 11.8 Å². The highest BCUT2D eigenvalue weighted by Gasteiger charge is 2.33. The van der Waals surface area contributed by atoms with Crippen LogP contribution in [0.5, 0.6) is 0 Å². The summed E-state index contributed by atoms with van der Waals surface area (Å²) in [6.45, 7) is 5.51. The normalized spacial score (nSPS) is 23.9. The van der Waals surface area contributed by atoms with Crippen molar-refractivity contribution >= 4 is 11.4 Å². The number of para-hydroxylation sites is 1. The standard InChI is InChI=1S/C13H20N2/c1-9-5-4-6-12(13(9)14)15(3)8-11-7-10(11)2/h4-6,10-11H,7-8,14H2,1-3H3. The first-order valence-corrected chi connectivity index (χ1v) is 5.66. The number of nitrogens with two attached hydrogens (primary N) is 1. The third-order valence-electron chi connectivity index (χ3n) is 3.50. The molecule has 1 fully saturated rings. The van der Waals surface area contributed by atoms with Crippen LogP contribution in [0.1, 0.15) is 18.9 Å². The van der Waals surface area contributed by atoms with Crippen molar-refractivity contribution in [3.05, 3.63) is 23.8 Å². The van der Waals surface area contributed by atoms with Crippen LogP contribution in [0.3, 0.4) is 0 Å². The fourth-order valence-corrected chi connectivity index (χ4v) is 2.10. The van der Waals surface area contributed by atoms with Crippen molar-refractivity contribution in [3.63, 3.8) is 0 Å². The minimum atomic E-state index is 0.870. The molecule has 15 heavy (non-hydrogen) atoms. The van der Waals surface area contributed by atoms with E-state index in [9.17, 15) is 0 Å². The Hall–Kier alpha value is -1.18. The molecule has 0 bridgehead atoms. The van der Waals surface area contributed by atoms with Gasteiger partial charge in [-0.05, 0) is 36.8 Å². The Labute approximate surface area is 92.1 Å². The Morgan fingerprint density at radius 3 is 2.73 bits per heavy atom. The highest BCUT2D eigenvalue weighted by molar-refractivity contribution is 5.70. The Balaban J connectivity index is 2.11. The molecule has 82 valence electrons. The van der Waals surface area contributed by atoms with E-state index in [1.807, 2.05) is 0 Å². The first-order valence-electron chi connectivity index (χ1n) is 5.66. The largest absolute Gasteiger partial charge is 0.397 e. The maximum Gasteiger partial charge on any atom is 0.0600 e. The number of anilines is 2. The molecule has 1 aliphatic rings. The summed E-state index contributed by atoms with van der Waals surface area (Å²) >= 11 is 0. The third-order valence-corrected chi connectivity index (χ3v) is 3.50. The average molecular weight is 204 g/mol. The molecule has 1 aromatic rings. The summed E-state index contributed by atoms with van der Waals surface area (Å²) in [6.07, 6.45) is 1.37. The Morgan fingerprint density at radius 2 is 2.13 bits per heavy atom. The van der Waals surface area contributed by atoms with E-state index < -0.39 is 0 Å². The third kappa shape index (κ3) is 2.09.